The molecule has 0 bridgehead atoms. The summed E-state index contributed by atoms with van der Waals surface area (Å²) in [6, 6.07) is 3.40. The van der Waals surface area contributed by atoms with E-state index in [1.54, 1.807) is 6.07 Å². The number of hydrogen-bond acceptors (Lipinski definition) is 3. The first kappa shape index (κ1) is 11.8. The first-order valence-corrected chi connectivity index (χ1v) is 5.43. The molecule has 1 aliphatic rings. The molecule has 5 heteroatoms. The Morgan fingerprint density at radius 3 is 2.41 bits per heavy atom. The van der Waals surface area contributed by atoms with Crippen LogP contribution in [-0.4, -0.2) is 12.1 Å². The molecule has 2 N–H and O–H groups in total. The van der Waals surface area contributed by atoms with E-state index in [9.17, 15) is 8.78 Å². The summed E-state index contributed by atoms with van der Waals surface area (Å²) in [5.74, 6) is -2.16. The standard InChI is InChI=1S/C12H12F2N2O/c13-8-4-7(6-15)5-9(14)12(8)17-11-3-1-2-10(11)16/h4-5,10-11H,1-3,16H2. The Morgan fingerprint density at radius 1 is 1.29 bits per heavy atom. The molecule has 1 aliphatic carbocycles. The summed E-state index contributed by atoms with van der Waals surface area (Å²) < 4.78 is 32.3. The smallest absolute Gasteiger partial charge is 0.191 e. The van der Waals surface area contributed by atoms with Crippen molar-refractivity contribution in [2.24, 2.45) is 5.73 Å². The summed E-state index contributed by atoms with van der Waals surface area (Å²) in [5, 5.41) is 8.56. The Hall–Kier alpha value is -1.67. The summed E-state index contributed by atoms with van der Waals surface area (Å²) in [5.41, 5.74) is 5.69. The van der Waals surface area contributed by atoms with E-state index < -0.39 is 17.4 Å². The van der Waals surface area contributed by atoms with Gasteiger partial charge in [-0.2, -0.15) is 5.26 Å². The second-order valence-corrected chi connectivity index (χ2v) is 4.13. The van der Waals surface area contributed by atoms with Gasteiger partial charge in [-0.15, -0.1) is 0 Å². The minimum Gasteiger partial charge on any atom is -0.483 e. The predicted octanol–water partition coefficient (Wildman–Crippen LogP) is 2.10. The average molecular weight is 238 g/mol. The van der Waals surface area contributed by atoms with Gasteiger partial charge in [0.25, 0.3) is 0 Å². The number of nitrogens with zero attached hydrogens (tertiary/aromatic N) is 1. The fourth-order valence-corrected chi connectivity index (χ4v) is 1.99. The third kappa shape index (κ3) is 2.37. The molecule has 2 atom stereocenters. The van der Waals surface area contributed by atoms with E-state index >= 15 is 0 Å². The Morgan fingerprint density at radius 2 is 1.94 bits per heavy atom. The number of hydrogen-bond donors (Lipinski definition) is 1. The number of nitrogens with two attached hydrogens (primary N) is 1. The van der Waals surface area contributed by atoms with E-state index in [1.165, 1.54) is 0 Å². The lowest BCUT2D eigenvalue weighted by molar-refractivity contribution is 0.175. The third-order valence-electron chi connectivity index (χ3n) is 2.90. The van der Waals surface area contributed by atoms with Crippen LogP contribution in [0.1, 0.15) is 24.8 Å². The molecule has 90 valence electrons. The highest BCUT2D eigenvalue weighted by atomic mass is 19.1. The molecule has 0 radical (unpaired) electrons. The summed E-state index contributed by atoms with van der Waals surface area (Å²) in [6.45, 7) is 0. The van der Waals surface area contributed by atoms with Gasteiger partial charge in [-0.1, -0.05) is 0 Å². The Kier molecular flexibility index (Phi) is 3.25. The molecule has 0 spiro atoms. The minimum absolute atomic E-state index is 0.0666. The topological polar surface area (TPSA) is 59.0 Å². The number of benzene rings is 1. The predicted molar refractivity (Wildman–Crippen MR) is 57.3 cm³/mol. The van der Waals surface area contributed by atoms with Crippen molar-refractivity contribution in [2.75, 3.05) is 0 Å². The maximum atomic E-state index is 13.5. The van der Waals surface area contributed by atoms with Crippen LogP contribution in [-0.2, 0) is 0 Å². The maximum absolute atomic E-state index is 13.5. The van der Waals surface area contributed by atoms with Gasteiger partial charge in [-0.25, -0.2) is 8.78 Å². The fraction of sp³-hybridized carbons (Fsp3) is 0.417. The van der Waals surface area contributed by atoms with Crippen LogP contribution < -0.4 is 10.5 Å². The van der Waals surface area contributed by atoms with Crippen LogP contribution in [0.15, 0.2) is 12.1 Å². The molecule has 1 fully saturated rings. The summed E-state index contributed by atoms with van der Waals surface area (Å²) >= 11 is 0. The molecule has 0 aliphatic heterocycles. The fourth-order valence-electron chi connectivity index (χ4n) is 1.99. The molecule has 2 unspecified atom stereocenters. The van der Waals surface area contributed by atoms with Crippen molar-refractivity contribution < 1.29 is 13.5 Å². The van der Waals surface area contributed by atoms with Crippen LogP contribution in [0.3, 0.4) is 0 Å². The summed E-state index contributed by atoms with van der Waals surface area (Å²) in [6.07, 6.45) is 2.03. The van der Waals surface area contributed by atoms with E-state index in [1.807, 2.05) is 0 Å². The van der Waals surface area contributed by atoms with E-state index in [-0.39, 0.29) is 17.7 Å². The molecule has 3 nitrogen and oxygen atoms in total. The van der Waals surface area contributed by atoms with Crippen LogP contribution in [0, 0.1) is 23.0 Å². The SMILES string of the molecule is N#Cc1cc(F)c(OC2CCCC2N)c(F)c1. The first-order valence-electron chi connectivity index (χ1n) is 5.43. The van der Waals surface area contributed by atoms with E-state index in [0.29, 0.717) is 6.42 Å². The van der Waals surface area contributed by atoms with E-state index in [2.05, 4.69) is 0 Å². The van der Waals surface area contributed by atoms with Crippen LogP contribution in [0.25, 0.3) is 0 Å². The molecular weight excluding hydrogens is 226 g/mol. The van der Waals surface area contributed by atoms with Crippen molar-refractivity contribution >= 4 is 0 Å². The quantitative estimate of drug-likeness (QED) is 0.858. The molecule has 0 amide bonds. The second-order valence-electron chi connectivity index (χ2n) is 4.13. The van der Waals surface area contributed by atoms with Crippen LogP contribution in [0.4, 0.5) is 8.78 Å². The number of nitriles is 1. The summed E-state index contributed by atoms with van der Waals surface area (Å²) in [7, 11) is 0. The molecular formula is C12H12F2N2O. The summed E-state index contributed by atoms with van der Waals surface area (Å²) in [4.78, 5) is 0. The van der Waals surface area contributed by atoms with Gasteiger partial charge in [0.2, 0.25) is 0 Å². The van der Waals surface area contributed by atoms with Gasteiger partial charge in [-0.3, -0.25) is 0 Å². The Balaban J connectivity index is 2.24. The Bertz CT molecular complexity index is 447. The van der Waals surface area contributed by atoms with Crippen molar-refractivity contribution in [2.45, 2.75) is 31.4 Å². The van der Waals surface area contributed by atoms with Crippen molar-refractivity contribution in [3.63, 3.8) is 0 Å². The molecule has 1 aromatic carbocycles. The number of ether oxygens (including phenoxy) is 1. The zero-order chi connectivity index (χ0) is 12.4. The van der Waals surface area contributed by atoms with Crippen LogP contribution in [0.2, 0.25) is 0 Å². The molecule has 0 heterocycles. The van der Waals surface area contributed by atoms with Crippen molar-refractivity contribution in [1.82, 2.24) is 0 Å². The largest absolute Gasteiger partial charge is 0.483 e. The maximum Gasteiger partial charge on any atom is 0.191 e. The molecule has 0 aromatic heterocycles. The monoisotopic (exact) mass is 238 g/mol. The Labute approximate surface area is 97.8 Å². The first-order chi connectivity index (χ1) is 8.11. The molecule has 2 rings (SSSR count). The molecule has 1 saturated carbocycles. The molecule has 0 saturated heterocycles. The minimum atomic E-state index is -0.861. The van der Waals surface area contributed by atoms with Crippen molar-refractivity contribution in [1.29, 1.82) is 5.26 Å². The highest BCUT2D eigenvalue weighted by Gasteiger charge is 2.27. The number of halogens is 2. The third-order valence-corrected chi connectivity index (χ3v) is 2.90. The van der Waals surface area contributed by atoms with Gasteiger partial charge in [0.05, 0.1) is 11.6 Å². The van der Waals surface area contributed by atoms with Crippen LogP contribution in [0.5, 0.6) is 5.75 Å². The van der Waals surface area contributed by atoms with Crippen molar-refractivity contribution in [3.05, 3.63) is 29.3 Å². The van der Waals surface area contributed by atoms with E-state index in [4.69, 9.17) is 15.7 Å². The normalized spacial score (nSPS) is 23.4. The highest BCUT2D eigenvalue weighted by molar-refractivity contribution is 5.37. The highest BCUT2D eigenvalue weighted by Crippen LogP contribution is 2.28. The van der Waals surface area contributed by atoms with Gasteiger partial charge in [0.15, 0.2) is 17.4 Å². The van der Waals surface area contributed by atoms with Gasteiger partial charge < -0.3 is 10.5 Å². The van der Waals surface area contributed by atoms with Crippen molar-refractivity contribution in [3.8, 4) is 11.8 Å². The second kappa shape index (κ2) is 4.68. The van der Waals surface area contributed by atoms with Gasteiger partial charge in [0.1, 0.15) is 6.10 Å². The van der Waals surface area contributed by atoms with Crippen LogP contribution >= 0.6 is 0 Å². The van der Waals surface area contributed by atoms with Gasteiger partial charge in [-0.05, 0) is 31.4 Å². The number of rotatable bonds is 2. The average Bonchev–Trinajstić information content (AvgIpc) is 2.69. The zero-order valence-corrected chi connectivity index (χ0v) is 9.12. The lowest BCUT2D eigenvalue weighted by Gasteiger charge is -2.18. The van der Waals surface area contributed by atoms with E-state index in [0.717, 1.165) is 25.0 Å². The zero-order valence-electron chi connectivity index (χ0n) is 9.12. The lowest BCUT2D eigenvalue weighted by atomic mass is 10.2. The van der Waals surface area contributed by atoms with Gasteiger partial charge in [0, 0.05) is 6.04 Å². The molecule has 1 aromatic rings. The molecule has 17 heavy (non-hydrogen) atoms. The van der Waals surface area contributed by atoms with Gasteiger partial charge >= 0.3 is 0 Å². The lowest BCUT2D eigenvalue weighted by Crippen LogP contribution is -2.34.